The molecule has 0 aliphatic rings. The van der Waals surface area contributed by atoms with Gasteiger partial charge in [0.25, 0.3) is 0 Å². The van der Waals surface area contributed by atoms with Gasteiger partial charge in [0.05, 0.1) is 7.11 Å². The van der Waals surface area contributed by atoms with Crippen LogP contribution in [-0.4, -0.2) is 13.1 Å². The van der Waals surface area contributed by atoms with E-state index in [2.05, 4.69) is 10.5 Å². The summed E-state index contributed by atoms with van der Waals surface area (Å²) in [4.78, 5) is 11.0. The highest BCUT2D eigenvalue weighted by atomic mass is 19.1. The van der Waals surface area contributed by atoms with Crippen LogP contribution in [0, 0.1) is 5.82 Å². The molecule has 0 amide bonds. The molecule has 70 valence electrons. The van der Waals surface area contributed by atoms with Crippen LogP contribution >= 0.6 is 0 Å². The molecule has 0 unspecified atom stereocenters. The highest BCUT2D eigenvalue weighted by Gasteiger charge is 2.19. The molecule has 13 heavy (non-hydrogen) atoms. The third-order valence-electron chi connectivity index (χ3n) is 1.76. The predicted molar refractivity (Wildman–Crippen MR) is 44.0 cm³/mol. The van der Waals surface area contributed by atoms with Crippen molar-refractivity contribution in [2.45, 2.75) is 6.04 Å². The average Bonchev–Trinajstić information content (AvgIpc) is 2.17. The molecule has 1 rings (SSSR count). The summed E-state index contributed by atoms with van der Waals surface area (Å²) in [5.41, 5.74) is 4.26. The van der Waals surface area contributed by atoms with Crippen molar-refractivity contribution in [3.8, 4) is 0 Å². The van der Waals surface area contributed by atoms with E-state index in [9.17, 15) is 9.18 Å². The van der Waals surface area contributed by atoms with E-state index in [1.54, 1.807) is 0 Å². The first-order valence-corrected chi connectivity index (χ1v) is 3.81. The molecule has 0 aliphatic heterocycles. The standard InChI is InChI=1S/C9H10FNO2/c1-13-9(12)8(11)6-2-4-7(10)5-3-6/h2-5,8H,11H2,1H3/p+1/t8-/m0/s1. The Labute approximate surface area is 75.3 Å². The van der Waals surface area contributed by atoms with Gasteiger partial charge < -0.3 is 10.5 Å². The van der Waals surface area contributed by atoms with Gasteiger partial charge >= 0.3 is 5.97 Å². The zero-order valence-electron chi connectivity index (χ0n) is 7.29. The number of methoxy groups -OCH3 is 1. The van der Waals surface area contributed by atoms with Gasteiger partial charge in [-0.05, 0) is 24.3 Å². The lowest BCUT2D eigenvalue weighted by atomic mass is 10.1. The number of carbonyl (C=O) groups is 1. The molecule has 4 heteroatoms. The van der Waals surface area contributed by atoms with Crippen LogP contribution in [0.2, 0.25) is 0 Å². The number of hydrogen-bond donors (Lipinski definition) is 1. The third kappa shape index (κ3) is 2.26. The molecule has 3 N–H and O–H groups in total. The lowest BCUT2D eigenvalue weighted by Crippen LogP contribution is -2.57. The maximum atomic E-state index is 12.5. The molecule has 0 saturated heterocycles. The molecule has 0 aliphatic carbocycles. The zero-order chi connectivity index (χ0) is 9.84. The summed E-state index contributed by atoms with van der Waals surface area (Å²) in [6, 6.07) is 5.02. The summed E-state index contributed by atoms with van der Waals surface area (Å²) in [5.74, 6) is -0.757. The fourth-order valence-corrected chi connectivity index (χ4v) is 0.973. The highest BCUT2D eigenvalue weighted by Crippen LogP contribution is 2.10. The van der Waals surface area contributed by atoms with Crippen molar-refractivity contribution in [1.29, 1.82) is 0 Å². The Morgan fingerprint density at radius 3 is 2.46 bits per heavy atom. The molecule has 0 heterocycles. The quantitative estimate of drug-likeness (QED) is 0.671. The third-order valence-corrected chi connectivity index (χ3v) is 1.76. The number of ether oxygens (including phenoxy) is 1. The lowest BCUT2D eigenvalue weighted by Gasteiger charge is -2.05. The Hall–Kier alpha value is -1.42. The molecule has 0 fully saturated rings. The van der Waals surface area contributed by atoms with Crippen molar-refractivity contribution < 1.29 is 19.7 Å². The predicted octanol–water partition coefficient (Wildman–Crippen LogP) is 0.282. The molecule has 3 nitrogen and oxygen atoms in total. The lowest BCUT2D eigenvalue weighted by molar-refractivity contribution is -0.414. The minimum Gasteiger partial charge on any atom is -0.464 e. The monoisotopic (exact) mass is 184 g/mol. The second-order valence-corrected chi connectivity index (χ2v) is 2.63. The van der Waals surface area contributed by atoms with Gasteiger partial charge in [-0.25, -0.2) is 9.18 Å². The van der Waals surface area contributed by atoms with Gasteiger partial charge in [-0.3, -0.25) is 0 Å². The van der Waals surface area contributed by atoms with Crippen molar-refractivity contribution in [2.24, 2.45) is 0 Å². The van der Waals surface area contributed by atoms with Crippen molar-refractivity contribution in [2.75, 3.05) is 7.11 Å². The Kier molecular flexibility index (Phi) is 2.97. The van der Waals surface area contributed by atoms with Crippen molar-refractivity contribution in [3.05, 3.63) is 35.6 Å². The number of quaternary nitrogens is 1. The minimum atomic E-state index is -0.592. The van der Waals surface area contributed by atoms with Gasteiger partial charge in [0, 0.05) is 5.56 Å². The van der Waals surface area contributed by atoms with E-state index in [0.29, 0.717) is 5.56 Å². The van der Waals surface area contributed by atoms with E-state index in [0.717, 1.165) is 0 Å². The topological polar surface area (TPSA) is 53.9 Å². The first-order chi connectivity index (χ1) is 6.15. The summed E-state index contributed by atoms with van der Waals surface area (Å²) in [5, 5.41) is 0. The largest absolute Gasteiger partial charge is 0.464 e. The Bertz CT molecular complexity index is 297. The maximum absolute atomic E-state index is 12.5. The number of halogens is 1. The van der Waals surface area contributed by atoms with Crippen molar-refractivity contribution in [1.82, 2.24) is 0 Å². The number of esters is 1. The van der Waals surface area contributed by atoms with Crippen LogP contribution in [0.3, 0.4) is 0 Å². The van der Waals surface area contributed by atoms with Crippen LogP contribution in [0.5, 0.6) is 0 Å². The van der Waals surface area contributed by atoms with Crippen molar-refractivity contribution >= 4 is 5.97 Å². The van der Waals surface area contributed by atoms with E-state index >= 15 is 0 Å². The fourth-order valence-electron chi connectivity index (χ4n) is 0.973. The van der Waals surface area contributed by atoms with Crippen LogP contribution in [-0.2, 0) is 9.53 Å². The average molecular weight is 184 g/mol. The molecule has 0 spiro atoms. The SMILES string of the molecule is COC(=O)[C@@H]([NH3+])c1ccc(F)cc1. The van der Waals surface area contributed by atoms with Gasteiger partial charge in [0.1, 0.15) is 5.82 Å². The fraction of sp³-hybridized carbons (Fsp3) is 0.222. The van der Waals surface area contributed by atoms with Crippen LogP contribution in [0.4, 0.5) is 4.39 Å². The summed E-state index contributed by atoms with van der Waals surface area (Å²) in [6.07, 6.45) is 0. The van der Waals surface area contributed by atoms with E-state index in [1.807, 2.05) is 0 Å². The molecular formula is C9H11FNO2+. The second-order valence-electron chi connectivity index (χ2n) is 2.63. The zero-order valence-corrected chi connectivity index (χ0v) is 7.29. The Morgan fingerprint density at radius 2 is 2.00 bits per heavy atom. The van der Waals surface area contributed by atoms with Gasteiger partial charge in [0.2, 0.25) is 6.04 Å². The molecule has 1 aromatic rings. The number of carbonyl (C=O) groups excluding carboxylic acids is 1. The molecule has 1 aromatic carbocycles. The van der Waals surface area contributed by atoms with Gasteiger partial charge in [-0.2, -0.15) is 0 Å². The van der Waals surface area contributed by atoms with E-state index in [4.69, 9.17) is 0 Å². The van der Waals surface area contributed by atoms with Crippen LogP contribution in [0.25, 0.3) is 0 Å². The molecule has 0 radical (unpaired) electrons. The number of hydrogen-bond acceptors (Lipinski definition) is 2. The van der Waals surface area contributed by atoms with Crippen LogP contribution in [0.15, 0.2) is 24.3 Å². The molecular weight excluding hydrogens is 173 g/mol. The van der Waals surface area contributed by atoms with Crippen molar-refractivity contribution in [3.63, 3.8) is 0 Å². The van der Waals surface area contributed by atoms with E-state index in [-0.39, 0.29) is 5.82 Å². The number of rotatable bonds is 2. The smallest absolute Gasteiger partial charge is 0.369 e. The van der Waals surface area contributed by atoms with Crippen LogP contribution in [0.1, 0.15) is 11.6 Å². The molecule has 1 atom stereocenters. The summed E-state index contributed by atoms with van der Waals surface area (Å²) in [6.45, 7) is 0. The minimum absolute atomic E-state index is 0.333. The Balaban J connectivity index is 2.83. The highest BCUT2D eigenvalue weighted by molar-refractivity contribution is 5.75. The summed E-state index contributed by atoms with van der Waals surface area (Å²) in [7, 11) is 1.30. The van der Waals surface area contributed by atoms with E-state index in [1.165, 1.54) is 31.4 Å². The molecule has 0 saturated carbocycles. The van der Waals surface area contributed by atoms with E-state index < -0.39 is 12.0 Å². The first kappa shape index (κ1) is 9.67. The maximum Gasteiger partial charge on any atom is 0.369 e. The molecule has 0 bridgehead atoms. The van der Waals surface area contributed by atoms with Crippen LogP contribution < -0.4 is 5.73 Å². The summed E-state index contributed by atoms with van der Waals surface area (Å²) < 4.78 is 17.0. The number of benzene rings is 1. The van der Waals surface area contributed by atoms with Gasteiger partial charge in [0.15, 0.2) is 0 Å². The Morgan fingerprint density at radius 1 is 1.46 bits per heavy atom. The summed E-state index contributed by atoms with van der Waals surface area (Å²) >= 11 is 0. The normalized spacial score (nSPS) is 12.2. The first-order valence-electron chi connectivity index (χ1n) is 3.81. The second kappa shape index (κ2) is 4.00. The molecule has 0 aromatic heterocycles. The van der Waals surface area contributed by atoms with Gasteiger partial charge in [-0.1, -0.05) is 0 Å². The van der Waals surface area contributed by atoms with Gasteiger partial charge in [-0.15, -0.1) is 0 Å².